The average molecular weight is 600 g/mol. The maximum absolute atomic E-state index is 14.6. The molecule has 2 aromatic carbocycles. The number of benzene rings is 2. The Bertz CT molecular complexity index is 1570. The molecule has 11 heteroatoms. The number of pyridine rings is 1. The minimum Gasteiger partial charge on any atom is -0.488 e. The molecule has 6 rings (SSSR count). The largest absolute Gasteiger partial charge is 0.488 e. The molecule has 0 saturated carbocycles. The second kappa shape index (κ2) is 11.0. The van der Waals surface area contributed by atoms with Crippen molar-refractivity contribution in [3.8, 4) is 17.0 Å². The molecule has 3 aliphatic rings. The number of halogens is 5. The number of rotatable bonds is 8. The Kier molecular flexibility index (Phi) is 7.50. The third-order valence-electron chi connectivity index (χ3n) is 8.29. The fraction of sp³-hybridized carbons (Fsp3) is 0.375. The molecular formula is C32H30F5N3O3. The Morgan fingerprint density at radius 3 is 2.53 bits per heavy atom. The predicted molar refractivity (Wildman–Crippen MR) is 148 cm³/mol. The average Bonchev–Trinajstić information content (AvgIpc) is 3.49. The van der Waals surface area contributed by atoms with Gasteiger partial charge < -0.3 is 9.57 Å². The lowest BCUT2D eigenvalue weighted by atomic mass is 9.90. The second-order valence-electron chi connectivity index (χ2n) is 11.5. The molecule has 1 N–H and O–H groups in total. The van der Waals surface area contributed by atoms with Crippen LogP contribution in [0, 0.1) is 6.92 Å². The molecule has 1 aliphatic carbocycles. The van der Waals surface area contributed by atoms with Gasteiger partial charge in [0.05, 0.1) is 30.3 Å². The minimum absolute atomic E-state index is 0.0790. The summed E-state index contributed by atoms with van der Waals surface area (Å²) in [6, 6.07) is 17.9. The summed E-state index contributed by atoms with van der Waals surface area (Å²) in [5, 5.41) is 0. The standard InChI is InChI=1S/C32H30F5N3O3/c1-18-5-3-6-23(29(18)42-16-20-9-11-21(12-10-20)22-14-40(15-22)17-32(35,36)37)25-8-4-7-24(38-25)19(2)28-27-30(43-39-28)26(41)13-31(27,33)34/h3-12,19,22,28,39H,13-17H2,1-2H3. The molecule has 1 saturated heterocycles. The first kappa shape index (κ1) is 29.3. The van der Waals surface area contributed by atoms with Gasteiger partial charge in [-0.15, -0.1) is 5.48 Å². The maximum atomic E-state index is 14.6. The number of ether oxygens (including phenoxy) is 1. The van der Waals surface area contributed by atoms with Gasteiger partial charge in [-0.05, 0) is 41.8 Å². The number of para-hydroxylation sites is 1. The van der Waals surface area contributed by atoms with Crippen molar-refractivity contribution in [3.05, 3.63) is 94.4 Å². The van der Waals surface area contributed by atoms with Crippen LogP contribution in [0.3, 0.4) is 0 Å². The van der Waals surface area contributed by atoms with Crippen LogP contribution >= 0.6 is 0 Å². The van der Waals surface area contributed by atoms with Crippen LogP contribution in [-0.2, 0) is 16.2 Å². The molecule has 1 aromatic heterocycles. The molecule has 2 aliphatic heterocycles. The number of carbonyl (C=O) groups excluding carboxylic acids is 1. The summed E-state index contributed by atoms with van der Waals surface area (Å²) >= 11 is 0. The van der Waals surface area contributed by atoms with Crippen molar-refractivity contribution in [2.45, 2.75) is 56.9 Å². The van der Waals surface area contributed by atoms with E-state index in [-0.39, 0.29) is 23.9 Å². The van der Waals surface area contributed by atoms with E-state index in [0.29, 0.717) is 30.2 Å². The Labute approximate surface area is 245 Å². The van der Waals surface area contributed by atoms with E-state index < -0.39 is 42.8 Å². The molecule has 43 heavy (non-hydrogen) atoms. The van der Waals surface area contributed by atoms with Crippen LogP contribution in [0.4, 0.5) is 22.0 Å². The molecule has 0 bridgehead atoms. The highest BCUT2D eigenvalue weighted by molar-refractivity contribution is 5.99. The number of ketones is 1. The van der Waals surface area contributed by atoms with E-state index in [2.05, 4.69) is 5.48 Å². The summed E-state index contributed by atoms with van der Waals surface area (Å²) in [7, 11) is 0. The smallest absolute Gasteiger partial charge is 0.401 e. The predicted octanol–water partition coefficient (Wildman–Crippen LogP) is 6.47. The van der Waals surface area contributed by atoms with Crippen molar-refractivity contribution in [2.24, 2.45) is 0 Å². The van der Waals surface area contributed by atoms with Crippen LogP contribution < -0.4 is 10.2 Å². The number of nitrogens with zero attached hydrogens (tertiary/aromatic N) is 2. The van der Waals surface area contributed by atoms with Gasteiger partial charge in [-0.2, -0.15) is 13.2 Å². The van der Waals surface area contributed by atoms with Crippen molar-refractivity contribution in [3.63, 3.8) is 0 Å². The third kappa shape index (κ3) is 5.88. The van der Waals surface area contributed by atoms with E-state index in [1.807, 2.05) is 55.5 Å². The molecule has 0 spiro atoms. The fourth-order valence-electron chi connectivity index (χ4n) is 5.98. The van der Waals surface area contributed by atoms with Crippen LogP contribution in [0.25, 0.3) is 11.3 Å². The van der Waals surface area contributed by atoms with E-state index in [9.17, 15) is 26.7 Å². The van der Waals surface area contributed by atoms with Gasteiger partial charge in [0.25, 0.3) is 5.92 Å². The molecule has 6 nitrogen and oxygen atoms in total. The Balaban J connectivity index is 1.16. The lowest BCUT2D eigenvalue weighted by Gasteiger charge is -2.39. The molecule has 1 fully saturated rings. The van der Waals surface area contributed by atoms with Crippen LogP contribution in [0.1, 0.15) is 47.6 Å². The first-order valence-electron chi connectivity index (χ1n) is 14.1. The Morgan fingerprint density at radius 1 is 1.09 bits per heavy atom. The van der Waals surface area contributed by atoms with Gasteiger partial charge in [0.2, 0.25) is 5.78 Å². The number of hydroxylamine groups is 1. The van der Waals surface area contributed by atoms with E-state index in [0.717, 1.165) is 22.3 Å². The van der Waals surface area contributed by atoms with Crippen molar-refractivity contribution in [1.29, 1.82) is 0 Å². The highest BCUT2D eigenvalue weighted by Gasteiger charge is 2.55. The van der Waals surface area contributed by atoms with Crippen LogP contribution in [-0.4, -0.2) is 53.4 Å². The molecule has 3 aromatic rings. The van der Waals surface area contributed by atoms with Gasteiger partial charge in [0, 0.05) is 36.2 Å². The third-order valence-corrected chi connectivity index (χ3v) is 8.29. The zero-order chi connectivity index (χ0) is 30.5. The first-order valence-corrected chi connectivity index (χ1v) is 14.1. The molecule has 2 unspecified atom stereocenters. The Morgan fingerprint density at radius 2 is 1.81 bits per heavy atom. The summed E-state index contributed by atoms with van der Waals surface area (Å²) in [6.07, 6.45) is -5.07. The quantitative estimate of drug-likeness (QED) is 0.300. The lowest BCUT2D eigenvalue weighted by Crippen LogP contribution is -2.49. The van der Waals surface area contributed by atoms with Gasteiger partial charge in [-0.1, -0.05) is 49.4 Å². The SMILES string of the molecule is Cc1cccc(-c2cccc(C(C)C3NOC4=C3C(F)(F)CC4=O)n2)c1OCc1ccc(C2CN(CC(F)(F)F)C2)cc1. The normalized spacial score (nSPS) is 21.0. The van der Waals surface area contributed by atoms with Crippen LogP contribution in [0.5, 0.6) is 5.75 Å². The molecule has 3 heterocycles. The van der Waals surface area contributed by atoms with E-state index in [1.165, 1.54) is 4.90 Å². The second-order valence-corrected chi connectivity index (χ2v) is 11.5. The van der Waals surface area contributed by atoms with Crippen molar-refractivity contribution in [2.75, 3.05) is 19.6 Å². The minimum atomic E-state index is -4.19. The van der Waals surface area contributed by atoms with Gasteiger partial charge >= 0.3 is 6.18 Å². The van der Waals surface area contributed by atoms with Gasteiger partial charge in [-0.3, -0.25) is 14.7 Å². The molecule has 0 amide bonds. The van der Waals surface area contributed by atoms with Gasteiger partial charge in [-0.25, -0.2) is 8.78 Å². The number of hydrogen-bond acceptors (Lipinski definition) is 6. The molecule has 2 atom stereocenters. The van der Waals surface area contributed by atoms with E-state index in [1.54, 1.807) is 19.1 Å². The van der Waals surface area contributed by atoms with Crippen LogP contribution in [0.15, 0.2) is 72.0 Å². The number of aryl methyl sites for hydroxylation is 1. The number of allylic oxidation sites excluding steroid dienone is 1. The van der Waals surface area contributed by atoms with Crippen molar-refractivity contribution >= 4 is 5.78 Å². The highest BCUT2D eigenvalue weighted by Crippen LogP contribution is 2.46. The monoisotopic (exact) mass is 599 g/mol. The van der Waals surface area contributed by atoms with E-state index in [4.69, 9.17) is 14.6 Å². The maximum Gasteiger partial charge on any atom is 0.401 e. The summed E-state index contributed by atoms with van der Waals surface area (Å²) in [5.41, 5.74) is 6.97. The number of nitrogens with one attached hydrogen (secondary N) is 1. The summed E-state index contributed by atoms with van der Waals surface area (Å²) < 4.78 is 73.3. The molecule has 0 radical (unpaired) electrons. The number of aromatic nitrogens is 1. The fourth-order valence-corrected chi connectivity index (χ4v) is 5.98. The molecular weight excluding hydrogens is 569 g/mol. The number of carbonyl (C=O) groups is 1. The molecule has 226 valence electrons. The number of alkyl halides is 5. The lowest BCUT2D eigenvalue weighted by molar-refractivity contribution is -0.154. The number of Topliss-reactive ketones (excluding diaryl/α,β-unsaturated/α-hetero) is 1. The first-order chi connectivity index (χ1) is 20.4. The zero-order valence-corrected chi connectivity index (χ0v) is 23.6. The summed E-state index contributed by atoms with van der Waals surface area (Å²) in [6.45, 7) is 3.84. The van der Waals surface area contributed by atoms with E-state index >= 15 is 0 Å². The Hall–Kier alpha value is -3.83. The summed E-state index contributed by atoms with van der Waals surface area (Å²) in [5.74, 6) is -4.09. The summed E-state index contributed by atoms with van der Waals surface area (Å²) in [4.78, 5) is 23.4. The van der Waals surface area contributed by atoms with Gasteiger partial charge in [0.15, 0.2) is 5.76 Å². The zero-order valence-electron chi connectivity index (χ0n) is 23.6. The van der Waals surface area contributed by atoms with Crippen LogP contribution in [0.2, 0.25) is 0 Å². The topological polar surface area (TPSA) is 63.7 Å². The highest BCUT2D eigenvalue weighted by atomic mass is 19.4. The number of likely N-dealkylation sites (tertiary alicyclic amines) is 1. The van der Waals surface area contributed by atoms with Gasteiger partial charge in [0.1, 0.15) is 12.4 Å². The number of hydrogen-bond donors (Lipinski definition) is 1. The van der Waals surface area contributed by atoms with Crippen molar-refractivity contribution < 1.29 is 36.3 Å². The van der Waals surface area contributed by atoms with Crippen molar-refractivity contribution in [1.82, 2.24) is 15.4 Å².